The van der Waals surface area contributed by atoms with E-state index in [1.165, 1.54) is 0 Å². The zero-order valence-corrected chi connectivity index (χ0v) is 14.6. The molecular weight excluding hydrogens is 382 g/mol. The number of hydrogen-bond acceptors (Lipinski definition) is 4. The second-order valence-electron chi connectivity index (χ2n) is 7.99. The summed E-state index contributed by atoms with van der Waals surface area (Å²) in [6.45, 7) is -2.26. The van der Waals surface area contributed by atoms with Crippen LogP contribution in [0.25, 0.3) is 0 Å². The fourth-order valence-corrected chi connectivity index (χ4v) is 4.80. The zero-order valence-electron chi connectivity index (χ0n) is 14.6. The number of ketones is 1. The Kier molecular flexibility index (Phi) is 4.80. The van der Waals surface area contributed by atoms with Crippen LogP contribution < -0.4 is 0 Å². The number of carbonyl (C=O) groups is 2. The smallest absolute Gasteiger partial charge is 0.425 e. The number of rotatable bonds is 7. The molecule has 0 amide bonds. The third kappa shape index (κ3) is 3.34. The molecule has 10 heteroatoms. The molecule has 27 heavy (non-hydrogen) atoms. The Labute approximate surface area is 151 Å². The van der Waals surface area contributed by atoms with Crippen molar-refractivity contribution in [1.29, 1.82) is 0 Å². The SMILES string of the molecule is CC(F)(F)C(F)(F)C(F)(F)OCCOC(=O)C12CC3CC(C1)C(=O)C(C3)C2. The Morgan fingerprint density at radius 2 is 1.59 bits per heavy atom. The lowest BCUT2D eigenvalue weighted by Crippen LogP contribution is -2.55. The summed E-state index contributed by atoms with van der Waals surface area (Å²) in [6.07, 6.45) is -2.71. The molecule has 0 aromatic heterocycles. The Balaban J connectivity index is 1.53. The summed E-state index contributed by atoms with van der Waals surface area (Å²) in [5.41, 5.74) is -0.854. The average Bonchev–Trinajstić information content (AvgIpc) is 2.54. The molecule has 4 aliphatic rings. The van der Waals surface area contributed by atoms with E-state index in [-0.39, 0.29) is 30.5 Å². The minimum Gasteiger partial charge on any atom is -0.463 e. The van der Waals surface area contributed by atoms with E-state index in [1.807, 2.05) is 0 Å². The van der Waals surface area contributed by atoms with Crippen molar-refractivity contribution in [1.82, 2.24) is 0 Å². The molecule has 4 fully saturated rings. The molecule has 0 aromatic carbocycles. The van der Waals surface area contributed by atoms with Crippen LogP contribution in [0, 0.1) is 23.2 Å². The van der Waals surface area contributed by atoms with Gasteiger partial charge in [0.05, 0.1) is 12.0 Å². The van der Waals surface area contributed by atoms with Crippen molar-refractivity contribution >= 4 is 11.8 Å². The monoisotopic (exact) mass is 402 g/mol. The Bertz CT molecular complexity index is 611. The first-order valence-electron chi connectivity index (χ1n) is 8.77. The molecule has 0 radical (unpaired) electrons. The molecule has 2 atom stereocenters. The van der Waals surface area contributed by atoms with E-state index in [0.717, 1.165) is 12.8 Å². The van der Waals surface area contributed by atoms with E-state index in [9.17, 15) is 35.9 Å². The molecule has 4 aliphatic carbocycles. The fourth-order valence-electron chi connectivity index (χ4n) is 4.80. The summed E-state index contributed by atoms with van der Waals surface area (Å²) in [6, 6.07) is 0. The van der Waals surface area contributed by atoms with Crippen LogP contribution >= 0.6 is 0 Å². The molecule has 2 unspecified atom stereocenters. The summed E-state index contributed by atoms with van der Waals surface area (Å²) < 4.78 is 86.5. The minimum atomic E-state index is -5.70. The van der Waals surface area contributed by atoms with Gasteiger partial charge in [0, 0.05) is 18.8 Å². The van der Waals surface area contributed by atoms with Gasteiger partial charge in [0.15, 0.2) is 0 Å². The highest BCUT2D eigenvalue weighted by molar-refractivity contribution is 5.89. The van der Waals surface area contributed by atoms with Gasteiger partial charge in [0.1, 0.15) is 12.4 Å². The van der Waals surface area contributed by atoms with Crippen molar-refractivity contribution in [3.63, 3.8) is 0 Å². The van der Waals surface area contributed by atoms with E-state index in [2.05, 4.69) is 4.74 Å². The van der Waals surface area contributed by atoms with Gasteiger partial charge in [-0.1, -0.05) is 0 Å². The maximum Gasteiger partial charge on any atom is 0.425 e. The molecule has 0 aromatic rings. The van der Waals surface area contributed by atoms with E-state index in [1.54, 1.807) is 0 Å². The molecular formula is C17H20F6O4. The van der Waals surface area contributed by atoms with Crippen molar-refractivity contribution in [2.24, 2.45) is 23.2 Å². The normalized spacial score (nSPS) is 33.4. The number of hydrogen-bond donors (Lipinski definition) is 0. The number of halogens is 6. The molecule has 0 saturated heterocycles. The zero-order chi connectivity index (χ0) is 20.3. The van der Waals surface area contributed by atoms with E-state index >= 15 is 0 Å². The number of ether oxygens (including phenoxy) is 2. The van der Waals surface area contributed by atoms with Gasteiger partial charge in [0.2, 0.25) is 0 Å². The van der Waals surface area contributed by atoms with Crippen LogP contribution in [0.1, 0.15) is 39.0 Å². The van der Waals surface area contributed by atoms with Crippen molar-refractivity contribution in [3.8, 4) is 0 Å². The van der Waals surface area contributed by atoms with E-state index in [4.69, 9.17) is 4.74 Å². The summed E-state index contributed by atoms with van der Waals surface area (Å²) in [7, 11) is 0. The van der Waals surface area contributed by atoms with E-state index in [0.29, 0.717) is 19.3 Å². The average molecular weight is 402 g/mol. The third-order valence-corrected chi connectivity index (χ3v) is 5.94. The van der Waals surface area contributed by atoms with Gasteiger partial charge in [-0.15, -0.1) is 0 Å². The maximum absolute atomic E-state index is 13.2. The molecule has 0 N–H and O–H groups in total. The van der Waals surface area contributed by atoms with Gasteiger partial charge in [-0.25, -0.2) is 0 Å². The lowest BCUT2D eigenvalue weighted by molar-refractivity contribution is -0.395. The Hall–Kier alpha value is -1.32. The van der Waals surface area contributed by atoms with Gasteiger partial charge in [-0.2, -0.15) is 26.3 Å². The molecule has 4 saturated carbocycles. The molecule has 4 rings (SSSR count). The highest BCUT2D eigenvalue weighted by atomic mass is 19.3. The van der Waals surface area contributed by atoms with Crippen LogP contribution in [0.3, 0.4) is 0 Å². The van der Waals surface area contributed by atoms with Crippen LogP contribution in [0.2, 0.25) is 0 Å². The highest BCUT2D eigenvalue weighted by Crippen LogP contribution is 2.59. The van der Waals surface area contributed by atoms with E-state index < -0.39 is 42.6 Å². The van der Waals surface area contributed by atoms with Gasteiger partial charge in [0.25, 0.3) is 0 Å². The maximum atomic E-state index is 13.2. The van der Waals surface area contributed by atoms with Gasteiger partial charge in [-0.3, -0.25) is 9.59 Å². The summed E-state index contributed by atoms with van der Waals surface area (Å²) >= 11 is 0. The largest absolute Gasteiger partial charge is 0.463 e. The lowest BCUT2D eigenvalue weighted by Gasteiger charge is -2.53. The lowest BCUT2D eigenvalue weighted by atomic mass is 9.49. The van der Waals surface area contributed by atoms with Gasteiger partial charge >= 0.3 is 23.9 Å². The molecule has 4 bridgehead atoms. The molecule has 0 heterocycles. The van der Waals surface area contributed by atoms with Crippen molar-refractivity contribution in [2.75, 3.05) is 13.2 Å². The summed E-state index contributed by atoms with van der Waals surface area (Å²) in [5.74, 6) is -11.4. The van der Waals surface area contributed by atoms with Gasteiger partial charge in [-0.05, 0) is 38.0 Å². The number of Topliss-reactive ketones (excluding diaryl/α,β-unsaturated/α-hetero) is 1. The fraction of sp³-hybridized carbons (Fsp3) is 0.882. The molecule has 4 nitrogen and oxygen atoms in total. The number of esters is 1. The van der Waals surface area contributed by atoms with Crippen molar-refractivity contribution < 1.29 is 45.4 Å². The van der Waals surface area contributed by atoms with Crippen LogP contribution in [0.15, 0.2) is 0 Å². The molecule has 0 aliphatic heterocycles. The predicted molar refractivity (Wildman–Crippen MR) is 78.4 cm³/mol. The first-order chi connectivity index (χ1) is 12.3. The van der Waals surface area contributed by atoms with Gasteiger partial charge < -0.3 is 9.47 Å². The molecule has 154 valence electrons. The molecule has 0 spiro atoms. The third-order valence-electron chi connectivity index (χ3n) is 5.94. The van der Waals surface area contributed by atoms with Crippen molar-refractivity contribution in [2.45, 2.75) is 57.0 Å². The van der Waals surface area contributed by atoms with Crippen molar-refractivity contribution in [3.05, 3.63) is 0 Å². The standard InChI is InChI=1S/C17H20F6O4/c1-14(18,19)16(20,21)17(22,23)27-3-2-26-13(25)15-6-9-4-10(7-15)12(24)11(5-9)8-15/h9-11H,2-8H2,1H3. The summed E-state index contributed by atoms with van der Waals surface area (Å²) in [5, 5.41) is 0. The topological polar surface area (TPSA) is 52.6 Å². The predicted octanol–water partition coefficient (Wildman–Crippen LogP) is 3.82. The minimum absolute atomic E-state index is 0.153. The van der Waals surface area contributed by atoms with Crippen LogP contribution in [0.4, 0.5) is 26.3 Å². The summed E-state index contributed by atoms with van der Waals surface area (Å²) in [4.78, 5) is 24.5. The van der Waals surface area contributed by atoms with Crippen LogP contribution in [0.5, 0.6) is 0 Å². The number of alkyl halides is 6. The Morgan fingerprint density at radius 1 is 1.04 bits per heavy atom. The highest BCUT2D eigenvalue weighted by Gasteiger charge is 2.70. The van der Waals surface area contributed by atoms with Crippen LogP contribution in [-0.4, -0.2) is 42.9 Å². The second kappa shape index (κ2) is 6.35. The Morgan fingerprint density at radius 3 is 2.11 bits per heavy atom. The van der Waals surface area contributed by atoms with Crippen LogP contribution in [-0.2, 0) is 19.1 Å². The first kappa shape index (κ1) is 20.4. The quantitative estimate of drug-likeness (QED) is 0.369. The number of carbonyl (C=O) groups excluding carboxylic acids is 2. The first-order valence-corrected chi connectivity index (χ1v) is 8.77. The second-order valence-corrected chi connectivity index (χ2v) is 7.99.